The summed E-state index contributed by atoms with van der Waals surface area (Å²) in [7, 11) is 0. The number of rotatable bonds is 11. The van der Waals surface area contributed by atoms with Gasteiger partial charge in [-0.05, 0) is 39.2 Å². The summed E-state index contributed by atoms with van der Waals surface area (Å²) in [6.45, 7) is 8.17. The Morgan fingerprint density at radius 2 is 2.12 bits per heavy atom. The van der Waals surface area contributed by atoms with E-state index in [0.29, 0.717) is 6.10 Å². The molecule has 4 nitrogen and oxygen atoms in total. The summed E-state index contributed by atoms with van der Waals surface area (Å²) in [6, 6.07) is 0. The van der Waals surface area contributed by atoms with Crippen molar-refractivity contribution in [3.63, 3.8) is 0 Å². The molecule has 1 atom stereocenters. The van der Waals surface area contributed by atoms with Crippen LogP contribution in [0.25, 0.3) is 0 Å². The Kier molecular flexibility index (Phi) is 9.61. The molecule has 1 saturated heterocycles. The normalized spacial score (nSPS) is 19.9. The quantitative estimate of drug-likeness (QED) is 0.561. The number of ether oxygens (including phenoxy) is 3. The van der Waals surface area contributed by atoms with Gasteiger partial charge in [-0.25, -0.2) is 0 Å². The Labute approximate surface area is 105 Å². The lowest BCUT2D eigenvalue weighted by Crippen LogP contribution is -2.23. The summed E-state index contributed by atoms with van der Waals surface area (Å²) in [5.41, 5.74) is 0. The van der Waals surface area contributed by atoms with Crippen molar-refractivity contribution < 1.29 is 14.2 Å². The second kappa shape index (κ2) is 11.0. The van der Waals surface area contributed by atoms with E-state index in [2.05, 4.69) is 5.32 Å². The zero-order valence-corrected chi connectivity index (χ0v) is 11.1. The Bertz CT molecular complexity index is 161. The summed E-state index contributed by atoms with van der Waals surface area (Å²) in [4.78, 5) is 0. The average Bonchev–Trinajstić information content (AvgIpc) is 2.85. The SMILES string of the molecule is CCOCCCCNCCOCC1CCCO1. The van der Waals surface area contributed by atoms with Crippen LogP contribution in [0.5, 0.6) is 0 Å². The van der Waals surface area contributed by atoms with Crippen molar-refractivity contribution >= 4 is 0 Å². The highest BCUT2D eigenvalue weighted by Gasteiger charge is 2.14. The molecule has 102 valence electrons. The minimum atomic E-state index is 0.348. The first-order valence-corrected chi connectivity index (χ1v) is 6.91. The van der Waals surface area contributed by atoms with Crippen LogP contribution in [0, 0.1) is 0 Å². The molecule has 1 fully saturated rings. The van der Waals surface area contributed by atoms with Gasteiger partial charge in [0.05, 0.1) is 19.3 Å². The molecule has 17 heavy (non-hydrogen) atoms. The highest BCUT2D eigenvalue weighted by Crippen LogP contribution is 2.11. The fourth-order valence-electron chi connectivity index (χ4n) is 1.86. The molecule has 0 amide bonds. The molecule has 1 heterocycles. The van der Waals surface area contributed by atoms with Crippen molar-refractivity contribution in [2.24, 2.45) is 0 Å². The minimum Gasteiger partial charge on any atom is -0.382 e. The number of unbranched alkanes of at least 4 members (excludes halogenated alkanes) is 1. The van der Waals surface area contributed by atoms with Crippen molar-refractivity contribution in [2.75, 3.05) is 46.1 Å². The van der Waals surface area contributed by atoms with E-state index in [4.69, 9.17) is 14.2 Å². The predicted molar refractivity (Wildman–Crippen MR) is 68.4 cm³/mol. The van der Waals surface area contributed by atoms with Crippen LogP contribution in [0.1, 0.15) is 32.6 Å². The van der Waals surface area contributed by atoms with E-state index < -0.39 is 0 Å². The highest BCUT2D eigenvalue weighted by atomic mass is 16.5. The van der Waals surface area contributed by atoms with Crippen LogP contribution in [0.15, 0.2) is 0 Å². The van der Waals surface area contributed by atoms with Gasteiger partial charge in [0.15, 0.2) is 0 Å². The standard InChI is InChI=1S/C13H27NO3/c1-2-15-9-4-3-7-14-8-11-16-12-13-6-5-10-17-13/h13-14H,2-12H2,1H3. The zero-order chi connectivity index (χ0) is 12.2. The molecule has 0 saturated carbocycles. The smallest absolute Gasteiger partial charge is 0.0809 e. The van der Waals surface area contributed by atoms with Crippen molar-refractivity contribution in [3.05, 3.63) is 0 Å². The first-order chi connectivity index (χ1) is 8.43. The van der Waals surface area contributed by atoms with Crippen molar-refractivity contribution in [1.29, 1.82) is 0 Å². The molecule has 1 aliphatic rings. The third-order valence-electron chi connectivity index (χ3n) is 2.85. The number of nitrogens with one attached hydrogen (secondary N) is 1. The van der Waals surface area contributed by atoms with E-state index >= 15 is 0 Å². The molecule has 0 aliphatic carbocycles. The van der Waals surface area contributed by atoms with Crippen molar-refractivity contribution in [3.8, 4) is 0 Å². The van der Waals surface area contributed by atoms with Gasteiger partial charge in [0, 0.05) is 26.4 Å². The molecule has 1 rings (SSSR count). The molecule has 1 aliphatic heterocycles. The number of hydrogen-bond donors (Lipinski definition) is 1. The molecule has 0 aromatic carbocycles. The summed E-state index contributed by atoms with van der Waals surface area (Å²) in [6.07, 6.45) is 5.00. The molecule has 0 spiro atoms. The van der Waals surface area contributed by atoms with Gasteiger partial charge >= 0.3 is 0 Å². The molecule has 1 N–H and O–H groups in total. The third kappa shape index (κ3) is 8.55. The van der Waals surface area contributed by atoms with E-state index in [9.17, 15) is 0 Å². The Morgan fingerprint density at radius 3 is 2.88 bits per heavy atom. The average molecular weight is 245 g/mol. The van der Waals surface area contributed by atoms with Crippen LogP contribution in [-0.2, 0) is 14.2 Å². The molecular formula is C13H27NO3. The summed E-state index contributed by atoms with van der Waals surface area (Å²) < 4.78 is 16.3. The van der Waals surface area contributed by atoms with Crippen LogP contribution >= 0.6 is 0 Å². The molecule has 0 radical (unpaired) electrons. The highest BCUT2D eigenvalue weighted by molar-refractivity contribution is 4.63. The first-order valence-electron chi connectivity index (χ1n) is 6.91. The van der Waals surface area contributed by atoms with Crippen LogP contribution < -0.4 is 5.32 Å². The summed E-state index contributed by atoms with van der Waals surface area (Å²) in [5.74, 6) is 0. The first kappa shape index (κ1) is 14.9. The minimum absolute atomic E-state index is 0.348. The number of hydrogen-bond acceptors (Lipinski definition) is 4. The monoisotopic (exact) mass is 245 g/mol. The van der Waals surface area contributed by atoms with Crippen LogP contribution in [0.3, 0.4) is 0 Å². The topological polar surface area (TPSA) is 39.7 Å². The predicted octanol–water partition coefficient (Wildman–Crippen LogP) is 1.59. The Balaban J connectivity index is 1.69. The maximum absolute atomic E-state index is 5.55. The van der Waals surface area contributed by atoms with Crippen LogP contribution in [0.4, 0.5) is 0 Å². The van der Waals surface area contributed by atoms with E-state index in [1.807, 2.05) is 6.92 Å². The third-order valence-corrected chi connectivity index (χ3v) is 2.85. The molecule has 0 aromatic rings. The largest absolute Gasteiger partial charge is 0.382 e. The maximum atomic E-state index is 5.55. The van der Waals surface area contributed by atoms with Crippen LogP contribution in [0.2, 0.25) is 0 Å². The van der Waals surface area contributed by atoms with Gasteiger partial charge < -0.3 is 19.5 Å². The fourth-order valence-corrected chi connectivity index (χ4v) is 1.86. The van der Waals surface area contributed by atoms with Gasteiger partial charge in [0.25, 0.3) is 0 Å². The molecule has 0 bridgehead atoms. The Morgan fingerprint density at radius 1 is 1.18 bits per heavy atom. The zero-order valence-electron chi connectivity index (χ0n) is 11.1. The van der Waals surface area contributed by atoms with Crippen molar-refractivity contribution in [2.45, 2.75) is 38.7 Å². The summed E-state index contributed by atoms with van der Waals surface area (Å²) in [5, 5.41) is 3.37. The van der Waals surface area contributed by atoms with E-state index in [-0.39, 0.29) is 0 Å². The fraction of sp³-hybridized carbons (Fsp3) is 1.00. The Hall–Kier alpha value is -0.160. The van der Waals surface area contributed by atoms with Gasteiger partial charge in [0.1, 0.15) is 0 Å². The van der Waals surface area contributed by atoms with E-state index in [0.717, 1.165) is 59.0 Å². The van der Waals surface area contributed by atoms with E-state index in [1.165, 1.54) is 12.8 Å². The lowest BCUT2D eigenvalue weighted by Gasteiger charge is -2.10. The molecule has 4 heteroatoms. The molecule has 1 unspecified atom stereocenters. The summed E-state index contributed by atoms with van der Waals surface area (Å²) >= 11 is 0. The molecular weight excluding hydrogens is 218 g/mol. The van der Waals surface area contributed by atoms with Crippen LogP contribution in [-0.4, -0.2) is 52.2 Å². The lowest BCUT2D eigenvalue weighted by molar-refractivity contribution is 0.0183. The lowest BCUT2D eigenvalue weighted by atomic mass is 10.2. The van der Waals surface area contributed by atoms with Gasteiger partial charge in [0.2, 0.25) is 0 Å². The van der Waals surface area contributed by atoms with Gasteiger partial charge in [-0.15, -0.1) is 0 Å². The van der Waals surface area contributed by atoms with E-state index in [1.54, 1.807) is 0 Å². The van der Waals surface area contributed by atoms with Gasteiger partial charge in [-0.2, -0.15) is 0 Å². The van der Waals surface area contributed by atoms with Gasteiger partial charge in [-0.1, -0.05) is 0 Å². The second-order valence-corrected chi connectivity index (χ2v) is 4.36. The molecule has 0 aromatic heterocycles. The van der Waals surface area contributed by atoms with Crippen molar-refractivity contribution in [1.82, 2.24) is 5.32 Å². The second-order valence-electron chi connectivity index (χ2n) is 4.36. The maximum Gasteiger partial charge on any atom is 0.0809 e. The van der Waals surface area contributed by atoms with Gasteiger partial charge in [-0.3, -0.25) is 0 Å².